The molecule has 2 rings (SSSR count). The molecule has 1 heterocycles. The summed E-state index contributed by atoms with van der Waals surface area (Å²) < 4.78 is 0. The van der Waals surface area contributed by atoms with Gasteiger partial charge in [-0.05, 0) is 46.2 Å². The molecule has 3 nitrogen and oxygen atoms in total. The first kappa shape index (κ1) is 15.3. The average Bonchev–Trinajstić information content (AvgIpc) is 2.35. The maximum atomic E-state index is 3.46. The number of nitrogens with one attached hydrogen (secondary N) is 1. The number of rotatable bonds is 4. The Bertz CT molecular complexity index is 276. The Hall–Kier alpha value is -0.120. The van der Waals surface area contributed by atoms with E-state index in [1.165, 1.54) is 64.8 Å². The molecule has 1 aliphatic heterocycles. The maximum absolute atomic E-state index is 3.46. The van der Waals surface area contributed by atoms with E-state index in [0.717, 1.165) is 0 Å². The molecule has 0 radical (unpaired) electrons. The van der Waals surface area contributed by atoms with Crippen molar-refractivity contribution in [3.8, 4) is 0 Å². The van der Waals surface area contributed by atoms with E-state index in [0.29, 0.717) is 11.0 Å². The third-order valence-electron chi connectivity index (χ3n) is 5.42. The van der Waals surface area contributed by atoms with Crippen LogP contribution in [-0.2, 0) is 0 Å². The first-order valence-corrected chi connectivity index (χ1v) is 8.06. The molecule has 2 fully saturated rings. The van der Waals surface area contributed by atoms with Crippen LogP contribution in [-0.4, -0.2) is 62.2 Å². The highest BCUT2D eigenvalue weighted by molar-refractivity contribution is 4.93. The number of nitrogens with zero attached hydrogens (tertiary/aromatic N) is 2. The fourth-order valence-corrected chi connectivity index (χ4v) is 4.02. The molecule has 2 aliphatic rings. The summed E-state index contributed by atoms with van der Waals surface area (Å²) in [6, 6.07) is 0. The lowest BCUT2D eigenvalue weighted by molar-refractivity contribution is 0.00704. The van der Waals surface area contributed by atoms with Crippen LogP contribution in [0.15, 0.2) is 0 Å². The minimum atomic E-state index is 0.327. The molecule has 1 saturated carbocycles. The lowest BCUT2D eigenvalue weighted by Crippen LogP contribution is -2.59. The topological polar surface area (TPSA) is 18.5 Å². The van der Waals surface area contributed by atoms with Crippen molar-refractivity contribution in [1.82, 2.24) is 15.1 Å². The first-order chi connectivity index (χ1) is 8.97. The van der Waals surface area contributed by atoms with E-state index in [4.69, 9.17) is 0 Å². The molecule has 1 saturated heterocycles. The van der Waals surface area contributed by atoms with Gasteiger partial charge in [0, 0.05) is 38.3 Å². The zero-order valence-corrected chi connectivity index (χ0v) is 13.5. The van der Waals surface area contributed by atoms with Crippen molar-refractivity contribution in [2.45, 2.75) is 51.5 Å². The van der Waals surface area contributed by atoms with Crippen molar-refractivity contribution >= 4 is 0 Å². The van der Waals surface area contributed by atoms with Gasteiger partial charge in [-0.3, -0.25) is 9.80 Å². The van der Waals surface area contributed by atoms with Crippen LogP contribution in [0.2, 0.25) is 0 Å². The smallest absolute Gasteiger partial charge is 0.0277 e. The van der Waals surface area contributed by atoms with Crippen molar-refractivity contribution in [1.29, 1.82) is 0 Å². The van der Waals surface area contributed by atoms with Gasteiger partial charge in [0.25, 0.3) is 0 Å². The summed E-state index contributed by atoms with van der Waals surface area (Å²) >= 11 is 0. The van der Waals surface area contributed by atoms with Crippen LogP contribution >= 0.6 is 0 Å². The normalized spacial score (nSPS) is 28.4. The summed E-state index contributed by atoms with van der Waals surface area (Å²) in [6.45, 7) is 10.9. The Morgan fingerprint density at radius 3 is 2.32 bits per heavy atom. The summed E-state index contributed by atoms with van der Waals surface area (Å²) in [6.07, 6.45) is 7.14. The molecule has 0 bridgehead atoms. The van der Waals surface area contributed by atoms with Gasteiger partial charge in [0.2, 0.25) is 0 Å². The van der Waals surface area contributed by atoms with Crippen molar-refractivity contribution < 1.29 is 0 Å². The highest BCUT2D eigenvalue weighted by Gasteiger charge is 2.37. The van der Waals surface area contributed by atoms with Gasteiger partial charge in [-0.25, -0.2) is 0 Å². The summed E-state index contributed by atoms with van der Waals surface area (Å²) in [7, 11) is 4.38. The second-order valence-electron chi connectivity index (χ2n) is 7.54. The predicted molar refractivity (Wildman–Crippen MR) is 82.6 cm³/mol. The third-order valence-corrected chi connectivity index (χ3v) is 5.42. The first-order valence-electron chi connectivity index (χ1n) is 8.06. The van der Waals surface area contributed by atoms with Crippen LogP contribution in [0.5, 0.6) is 0 Å². The van der Waals surface area contributed by atoms with E-state index in [2.05, 4.69) is 43.1 Å². The van der Waals surface area contributed by atoms with E-state index in [1.807, 2.05) is 0 Å². The van der Waals surface area contributed by atoms with Crippen LogP contribution in [0, 0.1) is 5.41 Å². The lowest BCUT2D eigenvalue weighted by Gasteiger charge is -2.49. The minimum absolute atomic E-state index is 0.327. The van der Waals surface area contributed by atoms with Crippen molar-refractivity contribution in [2.24, 2.45) is 5.41 Å². The van der Waals surface area contributed by atoms with Gasteiger partial charge < -0.3 is 5.32 Å². The van der Waals surface area contributed by atoms with Crippen LogP contribution in [0.1, 0.15) is 46.0 Å². The zero-order chi connectivity index (χ0) is 13.9. The Morgan fingerprint density at radius 1 is 1.05 bits per heavy atom. The van der Waals surface area contributed by atoms with Crippen LogP contribution in [0.4, 0.5) is 0 Å². The molecule has 0 atom stereocenters. The summed E-state index contributed by atoms with van der Waals surface area (Å²) in [4.78, 5) is 5.23. The van der Waals surface area contributed by atoms with E-state index >= 15 is 0 Å². The standard InChI is InChI=1S/C16H33N3/c1-15(2)13-19(11-10-18(15)4)14-16(12-17-3)8-6-5-7-9-16/h17H,5-14H2,1-4H3. The number of piperazine rings is 1. The van der Waals surface area contributed by atoms with Crippen molar-refractivity contribution in [3.05, 3.63) is 0 Å². The highest BCUT2D eigenvalue weighted by Crippen LogP contribution is 2.37. The van der Waals surface area contributed by atoms with Gasteiger partial charge in [-0.15, -0.1) is 0 Å². The van der Waals surface area contributed by atoms with Gasteiger partial charge in [-0.2, -0.15) is 0 Å². The molecule has 19 heavy (non-hydrogen) atoms. The fraction of sp³-hybridized carbons (Fsp3) is 1.00. The molecule has 3 heteroatoms. The Labute approximate surface area is 119 Å². The van der Waals surface area contributed by atoms with Gasteiger partial charge in [-0.1, -0.05) is 19.3 Å². The maximum Gasteiger partial charge on any atom is 0.0277 e. The van der Waals surface area contributed by atoms with E-state index in [9.17, 15) is 0 Å². The Kier molecular flexibility index (Phi) is 4.91. The average molecular weight is 267 g/mol. The SMILES string of the molecule is CNCC1(CN2CCN(C)C(C)(C)C2)CCCCC1. The molecule has 0 aromatic rings. The van der Waals surface area contributed by atoms with Crippen LogP contribution < -0.4 is 5.32 Å². The van der Waals surface area contributed by atoms with Gasteiger partial charge in [0.15, 0.2) is 0 Å². The summed E-state index contributed by atoms with van der Waals surface area (Å²) in [5, 5.41) is 3.46. The van der Waals surface area contributed by atoms with Crippen molar-refractivity contribution in [2.75, 3.05) is 46.8 Å². The summed E-state index contributed by atoms with van der Waals surface area (Å²) in [5.74, 6) is 0. The van der Waals surface area contributed by atoms with E-state index < -0.39 is 0 Å². The van der Waals surface area contributed by atoms with Gasteiger partial charge >= 0.3 is 0 Å². The predicted octanol–water partition coefficient (Wildman–Crippen LogP) is 2.18. The molecular weight excluding hydrogens is 234 g/mol. The zero-order valence-electron chi connectivity index (χ0n) is 13.5. The molecule has 0 amide bonds. The fourth-order valence-electron chi connectivity index (χ4n) is 4.02. The number of hydrogen-bond donors (Lipinski definition) is 1. The molecule has 1 N–H and O–H groups in total. The van der Waals surface area contributed by atoms with Crippen LogP contribution in [0.3, 0.4) is 0 Å². The lowest BCUT2D eigenvalue weighted by atomic mass is 9.73. The van der Waals surface area contributed by atoms with Crippen molar-refractivity contribution in [3.63, 3.8) is 0 Å². The van der Waals surface area contributed by atoms with Gasteiger partial charge in [0.1, 0.15) is 0 Å². The molecule has 112 valence electrons. The third kappa shape index (κ3) is 3.71. The summed E-state index contributed by atoms with van der Waals surface area (Å²) in [5.41, 5.74) is 0.868. The van der Waals surface area contributed by atoms with E-state index in [1.54, 1.807) is 0 Å². The minimum Gasteiger partial charge on any atom is -0.319 e. The largest absolute Gasteiger partial charge is 0.319 e. The van der Waals surface area contributed by atoms with Crippen LogP contribution in [0.25, 0.3) is 0 Å². The molecule has 1 aliphatic carbocycles. The number of likely N-dealkylation sites (N-methyl/N-ethyl adjacent to an activating group) is 1. The molecule has 0 spiro atoms. The molecule has 0 aromatic heterocycles. The molecular formula is C16H33N3. The quantitative estimate of drug-likeness (QED) is 0.842. The highest BCUT2D eigenvalue weighted by atomic mass is 15.3. The molecule has 0 unspecified atom stereocenters. The Balaban J connectivity index is 1.97. The monoisotopic (exact) mass is 267 g/mol. The number of hydrogen-bond acceptors (Lipinski definition) is 3. The second-order valence-corrected chi connectivity index (χ2v) is 7.54. The molecule has 0 aromatic carbocycles. The van der Waals surface area contributed by atoms with Gasteiger partial charge in [0.05, 0.1) is 0 Å². The van der Waals surface area contributed by atoms with E-state index in [-0.39, 0.29) is 0 Å². The second kappa shape index (κ2) is 6.11. The Morgan fingerprint density at radius 2 is 1.74 bits per heavy atom.